The molecule has 0 N–H and O–H groups in total. The van der Waals surface area contributed by atoms with Crippen molar-refractivity contribution in [1.82, 2.24) is 0 Å². The van der Waals surface area contributed by atoms with Crippen LogP contribution >= 0.6 is 0 Å². The van der Waals surface area contributed by atoms with Gasteiger partial charge in [-0.25, -0.2) is 0 Å². The molecule has 252 valence electrons. The minimum Gasteiger partial charge on any atom is -0.0984 e. The zero-order valence-corrected chi connectivity index (χ0v) is 29.9. The highest BCUT2D eigenvalue weighted by molar-refractivity contribution is 6.13. The van der Waals surface area contributed by atoms with Crippen molar-refractivity contribution in [1.29, 1.82) is 0 Å². The van der Waals surface area contributed by atoms with Crippen molar-refractivity contribution < 1.29 is 0 Å². The third kappa shape index (κ3) is 5.15. The fourth-order valence-corrected chi connectivity index (χ4v) is 8.62. The van der Waals surface area contributed by atoms with Crippen LogP contribution in [0.5, 0.6) is 0 Å². The lowest BCUT2D eigenvalue weighted by atomic mass is 9.82. The highest BCUT2D eigenvalue weighted by Crippen LogP contribution is 2.45. The van der Waals surface area contributed by atoms with Crippen molar-refractivity contribution in [3.63, 3.8) is 0 Å². The van der Waals surface area contributed by atoms with E-state index in [-0.39, 0.29) is 0 Å². The Labute approximate surface area is 315 Å². The molecular weight excluding hydrogens is 649 g/mol. The Morgan fingerprint density at radius 1 is 0.278 bits per heavy atom. The van der Waals surface area contributed by atoms with Crippen LogP contribution in [-0.4, -0.2) is 0 Å². The first-order valence-electron chi connectivity index (χ1n) is 18.6. The van der Waals surface area contributed by atoms with Crippen LogP contribution in [0, 0.1) is 0 Å². The normalized spacial score (nSPS) is 11.5. The third-order valence-corrected chi connectivity index (χ3v) is 11.2. The predicted octanol–water partition coefficient (Wildman–Crippen LogP) is 15.4. The van der Waals surface area contributed by atoms with E-state index in [2.05, 4.69) is 195 Å². The Morgan fingerprint density at radius 2 is 0.611 bits per heavy atom. The van der Waals surface area contributed by atoms with E-state index in [0.717, 1.165) is 11.1 Å². The van der Waals surface area contributed by atoms with Crippen molar-refractivity contribution in [2.45, 2.75) is 0 Å². The molecule has 54 heavy (non-hydrogen) atoms. The number of hydrogen-bond donors (Lipinski definition) is 0. The molecule has 0 saturated carbocycles. The molecule has 0 spiro atoms. The van der Waals surface area contributed by atoms with Crippen molar-refractivity contribution in [3.05, 3.63) is 206 Å². The smallest absolute Gasteiger partial charge is 0.00264 e. The number of fused-ring (bicyclic) bond motifs is 5. The standard InChI is InChI=1S/C54H36/c1-3-45-46(4-2)54(44-30-26-38-32-42(28-24-40(38)34-44)50-22-12-16-36-14-6-8-18-48(36)50)52-20-10-9-19-51(52)53(45)43-29-25-37-31-41(27-23-39(37)33-43)49-21-11-15-35-13-5-7-17-47(35)49/h3-34H,1-2H2. The Balaban J connectivity index is 1.10. The summed E-state index contributed by atoms with van der Waals surface area (Å²) in [6, 6.07) is 66.5. The molecule has 10 aromatic carbocycles. The molecule has 0 unspecified atom stereocenters. The summed E-state index contributed by atoms with van der Waals surface area (Å²) in [6.07, 6.45) is 4.02. The van der Waals surface area contributed by atoms with Gasteiger partial charge in [-0.1, -0.05) is 183 Å². The molecule has 0 aliphatic carbocycles. The lowest BCUT2D eigenvalue weighted by Crippen LogP contribution is -1.96. The van der Waals surface area contributed by atoms with Gasteiger partial charge in [-0.15, -0.1) is 0 Å². The lowest BCUT2D eigenvalue weighted by Gasteiger charge is -2.21. The molecule has 0 aromatic heterocycles. The first-order chi connectivity index (χ1) is 26.7. The van der Waals surface area contributed by atoms with Crippen LogP contribution in [0.1, 0.15) is 11.1 Å². The van der Waals surface area contributed by atoms with Crippen molar-refractivity contribution in [3.8, 4) is 44.5 Å². The van der Waals surface area contributed by atoms with E-state index in [1.807, 2.05) is 12.2 Å². The molecule has 0 atom stereocenters. The summed E-state index contributed by atoms with van der Waals surface area (Å²) in [5.74, 6) is 0. The van der Waals surface area contributed by atoms with Gasteiger partial charge in [0.2, 0.25) is 0 Å². The minimum absolute atomic E-state index is 1.09. The van der Waals surface area contributed by atoms with E-state index in [1.165, 1.54) is 98.4 Å². The molecule has 0 heterocycles. The summed E-state index contributed by atoms with van der Waals surface area (Å²) in [4.78, 5) is 0. The summed E-state index contributed by atoms with van der Waals surface area (Å²) < 4.78 is 0. The molecule has 0 saturated heterocycles. The molecule has 0 aliphatic heterocycles. The fourth-order valence-electron chi connectivity index (χ4n) is 8.62. The van der Waals surface area contributed by atoms with Crippen LogP contribution < -0.4 is 0 Å². The van der Waals surface area contributed by atoms with Gasteiger partial charge < -0.3 is 0 Å². The second-order valence-corrected chi connectivity index (χ2v) is 14.1. The van der Waals surface area contributed by atoms with Crippen LogP contribution in [-0.2, 0) is 0 Å². The van der Waals surface area contributed by atoms with Crippen LogP contribution in [0.15, 0.2) is 195 Å². The van der Waals surface area contributed by atoms with Gasteiger partial charge in [-0.05, 0) is 134 Å². The number of hydrogen-bond acceptors (Lipinski definition) is 0. The summed E-state index contributed by atoms with van der Waals surface area (Å²) in [6.45, 7) is 8.72. The lowest BCUT2D eigenvalue weighted by molar-refractivity contribution is 1.60. The number of rotatable bonds is 6. The fraction of sp³-hybridized carbons (Fsp3) is 0. The molecule has 0 heteroatoms. The van der Waals surface area contributed by atoms with E-state index >= 15 is 0 Å². The molecule has 0 amide bonds. The van der Waals surface area contributed by atoms with Gasteiger partial charge in [0.25, 0.3) is 0 Å². The highest BCUT2D eigenvalue weighted by Gasteiger charge is 2.19. The first kappa shape index (κ1) is 31.7. The largest absolute Gasteiger partial charge is 0.0984 e. The highest BCUT2D eigenvalue weighted by atomic mass is 14.2. The quantitative estimate of drug-likeness (QED) is 0.164. The zero-order chi connectivity index (χ0) is 36.2. The molecule has 0 bridgehead atoms. The summed E-state index contributed by atoms with van der Waals surface area (Å²) in [7, 11) is 0. The molecule has 10 rings (SSSR count). The minimum atomic E-state index is 1.09. The van der Waals surface area contributed by atoms with Gasteiger partial charge in [0.1, 0.15) is 0 Å². The Morgan fingerprint density at radius 3 is 1.02 bits per heavy atom. The molecule has 0 aliphatic rings. The van der Waals surface area contributed by atoms with Crippen LogP contribution in [0.25, 0.3) is 111 Å². The van der Waals surface area contributed by atoms with E-state index < -0.39 is 0 Å². The molecular formula is C54H36. The second-order valence-electron chi connectivity index (χ2n) is 14.1. The molecule has 10 aromatic rings. The van der Waals surface area contributed by atoms with Crippen LogP contribution in [0.4, 0.5) is 0 Å². The van der Waals surface area contributed by atoms with Crippen LogP contribution in [0.3, 0.4) is 0 Å². The first-order valence-corrected chi connectivity index (χ1v) is 18.6. The Hall–Kier alpha value is -7.02. The maximum Gasteiger partial charge on any atom is -0.00264 e. The third-order valence-electron chi connectivity index (χ3n) is 11.2. The predicted molar refractivity (Wildman–Crippen MR) is 236 cm³/mol. The van der Waals surface area contributed by atoms with Gasteiger partial charge in [0.05, 0.1) is 0 Å². The second kappa shape index (κ2) is 12.9. The van der Waals surface area contributed by atoms with Crippen LogP contribution in [0.2, 0.25) is 0 Å². The van der Waals surface area contributed by atoms with Gasteiger partial charge in [0.15, 0.2) is 0 Å². The zero-order valence-electron chi connectivity index (χ0n) is 29.9. The summed E-state index contributed by atoms with van der Waals surface area (Å²) in [5.41, 5.74) is 11.8. The van der Waals surface area contributed by atoms with Gasteiger partial charge in [0, 0.05) is 0 Å². The van der Waals surface area contributed by atoms with Crippen molar-refractivity contribution in [2.24, 2.45) is 0 Å². The van der Waals surface area contributed by atoms with Gasteiger partial charge >= 0.3 is 0 Å². The van der Waals surface area contributed by atoms with E-state index in [9.17, 15) is 0 Å². The van der Waals surface area contributed by atoms with E-state index in [4.69, 9.17) is 0 Å². The maximum absolute atomic E-state index is 4.36. The molecule has 0 nitrogen and oxygen atoms in total. The van der Waals surface area contributed by atoms with Crippen molar-refractivity contribution in [2.75, 3.05) is 0 Å². The maximum atomic E-state index is 4.36. The van der Waals surface area contributed by atoms with Gasteiger partial charge in [-0.3, -0.25) is 0 Å². The topological polar surface area (TPSA) is 0 Å². The summed E-state index contributed by atoms with van der Waals surface area (Å²) in [5, 5.41) is 12.3. The molecule has 0 radical (unpaired) electrons. The average Bonchev–Trinajstić information content (AvgIpc) is 3.24. The summed E-state index contributed by atoms with van der Waals surface area (Å²) >= 11 is 0. The SMILES string of the molecule is C=Cc1c(C=C)c(-c2ccc3cc(-c4cccc5ccccc45)ccc3c2)c2ccccc2c1-c1ccc2cc(-c3cccc4ccccc34)ccc2c1. The van der Waals surface area contributed by atoms with Gasteiger partial charge in [-0.2, -0.15) is 0 Å². The molecule has 0 fully saturated rings. The van der Waals surface area contributed by atoms with Crippen molar-refractivity contribution >= 4 is 66.0 Å². The number of benzene rings is 10. The monoisotopic (exact) mass is 684 g/mol. The Bertz CT molecular complexity index is 2920. The average molecular weight is 685 g/mol. The van der Waals surface area contributed by atoms with E-state index in [0.29, 0.717) is 0 Å². The van der Waals surface area contributed by atoms with E-state index in [1.54, 1.807) is 0 Å². The Kier molecular flexibility index (Phi) is 7.56.